The Morgan fingerprint density at radius 3 is 2.92 bits per heavy atom. The molecule has 0 radical (unpaired) electrons. The van der Waals surface area contributed by atoms with Gasteiger partial charge in [-0.15, -0.1) is 0 Å². The van der Waals surface area contributed by atoms with Crippen LogP contribution in [0.15, 0.2) is 24.3 Å². The van der Waals surface area contributed by atoms with Crippen molar-refractivity contribution in [2.75, 3.05) is 6.54 Å². The molecule has 0 heterocycles. The summed E-state index contributed by atoms with van der Waals surface area (Å²) in [5.41, 5.74) is 6.61. The van der Waals surface area contributed by atoms with Gasteiger partial charge in [-0.1, -0.05) is 12.1 Å². The Balaban J connectivity index is 2.14. The van der Waals surface area contributed by atoms with Crippen molar-refractivity contribution >= 4 is 0 Å². The summed E-state index contributed by atoms with van der Waals surface area (Å²) in [5.74, 6) is 0.965. The number of rotatable bonds is 2. The smallest absolute Gasteiger partial charge is 0.123 e. The van der Waals surface area contributed by atoms with Crippen LogP contribution in [0.25, 0.3) is 0 Å². The average molecular weight is 165 g/mol. The maximum Gasteiger partial charge on any atom is 0.123 e. The van der Waals surface area contributed by atoms with Gasteiger partial charge in [0.05, 0.1) is 0 Å². The van der Waals surface area contributed by atoms with E-state index in [9.17, 15) is 4.39 Å². The largest absolute Gasteiger partial charge is 0.330 e. The second-order valence-electron chi connectivity index (χ2n) is 3.39. The topological polar surface area (TPSA) is 26.0 Å². The van der Waals surface area contributed by atoms with Gasteiger partial charge in [0, 0.05) is 0 Å². The van der Waals surface area contributed by atoms with Crippen LogP contribution in [0.3, 0.4) is 0 Å². The second kappa shape index (κ2) is 2.87. The SMILES string of the molecule is NC[C@H]1C[C@@H]1c1cccc(F)c1. The van der Waals surface area contributed by atoms with Crippen LogP contribution < -0.4 is 5.73 Å². The molecule has 2 heteroatoms. The molecule has 0 bridgehead atoms. The normalized spacial score (nSPS) is 27.2. The van der Waals surface area contributed by atoms with E-state index in [1.807, 2.05) is 6.07 Å². The quantitative estimate of drug-likeness (QED) is 0.711. The van der Waals surface area contributed by atoms with E-state index in [0.29, 0.717) is 11.8 Å². The fourth-order valence-electron chi connectivity index (χ4n) is 1.65. The third-order valence-electron chi connectivity index (χ3n) is 2.50. The highest BCUT2D eigenvalue weighted by Crippen LogP contribution is 2.46. The van der Waals surface area contributed by atoms with Crippen molar-refractivity contribution in [2.45, 2.75) is 12.3 Å². The van der Waals surface area contributed by atoms with E-state index in [1.165, 1.54) is 6.07 Å². The van der Waals surface area contributed by atoms with Crippen LogP contribution in [0.2, 0.25) is 0 Å². The van der Waals surface area contributed by atoms with E-state index in [4.69, 9.17) is 5.73 Å². The van der Waals surface area contributed by atoms with Crippen molar-refractivity contribution in [1.29, 1.82) is 0 Å². The number of halogens is 1. The molecule has 1 fully saturated rings. The first kappa shape index (κ1) is 7.74. The van der Waals surface area contributed by atoms with Crippen LogP contribution in [0.5, 0.6) is 0 Å². The van der Waals surface area contributed by atoms with E-state index in [2.05, 4.69) is 0 Å². The van der Waals surface area contributed by atoms with Crippen LogP contribution in [0.1, 0.15) is 17.9 Å². The summed E-state index contributed by atoms with van der Waals surface area (Å²) in [6, 6.07) is 6.82. The van der Waals surface area contributed by atoms with Crippen molar-refractivity contribution in [3.63, 3.8) is 0 Å². The van der Waals surface area contributed by atoms with Crippen molar-refractivity contribution < 1.29 is 4.39 Å². The van der Waals surface area contributed by atoms with Crippen LogP contribution in [-0.2, 0) is 0 Å². The minimum atomic E-state index is -0.143. The maximum atomic E-state index is 12.8. The summed E-state index contributed by atoms with van der Waals surface area (Å²) in [4.78, 5) is 0. The van der Waals surface area contributed by atoms with Crippen molar-refractivity contribution in [3.05, 3.63) is 35.6 Å². The van der Waals surface area contributed by atoms with Gasteiger partial charge in [-0.25, -0.2) is 4.39 Å². The fraction of sp³-hybridized carbons (Fsp3) is 0.400. The maximum absolute atomic E-state index is 12.8. The van der Waals surface area contributed by atoms with Gasteiger partial charge in [-0.2, -0.15) is 0 Å². The Hall–Kier alpha value is -0.890. The van der Waals surface area contributed by atoms with E-state index in [-0.39, 0.29) is 5.82 Å². The van der Waals surface area contributed by atoms with Crippen molar-refractivity contribution in [3.8, 4) is 0 Å². The minimum Gasteiger partial charge on any atom is -0.330 e. The molecule has 64 valence electrons. The Morgan fingerprint density at radius 2 is 2.33 bits per heavy atom. The molecular weight excluding hydrogens is 153 g/mol. The predicted molar refractivity (Wildman–Crippen MR) is 46.3 cm³/mol. The molecule has 0 spiro atoms. The summed E-state index contributed by atoms with van der Waals surface area (Å²) in [5, 5.41) is 0. The van der Waals surface area contributed by atoms with Gasteiger partial charge >= 0.3 is 0 Å². The van der Waals surface area contributed by atoms with Gasteiger partial charge in [0.15, 0.2) is 0 Å². The zero-order valence-corrected chi connectivity index (χ0v) is 6.83. The number of benzene rings is 1. The number of hydrogen-bond acceptors (Lipinski definition) is 1. The fourth-order valence-corrected chi connectivity index (χ4v) is 1.65. The van der Waals surface area contributed by atoms with Gasteiger partial charge < -0.3 is 5.73 Å². The standard InChI is InChI=1S/C10H12FN/c11-9-3-1-2-7(4-9)10-5-8(10)6-12/h1-4,8,10H,5-6,12H2/t8-,10-/m1/s1. The Bertz CT molecular complexity index is 285. The molecule has 1 saturated carbocycles. The third-order valence-corrected chi connectivity index (χ3v) is 2.50. The Morgan fingerprint density at radius 1 is 1.50 bits per heavy atom. The zero-order valence-electron chi connectivity index (χ0n) is 6.83. The minimum absolute atomic E-state index is 0.143. The molecule has 2 N–H and O–H groups in total. The lowest BCUT2D eigenvalue weighted by Gasteiger charge is -1.98. The molecule has 0 unspecified atom stereocenters. The Labute approximate surface area is 71.4 Å². The van der Waals surface area contributed by atoms with Crippen molar-refractivity contribution in [2.24, 2.45) is 11.7 Å². The summed E-state index contributed by atoms with van der Waals surface area (Å²) in [6.45, 7) is 0.723. The molecule has 1 aromatic rings. The molecule has 0 aliphatic heterocycles. The lowest BCUT2D eigenvalue weighted by molar-refractivity contribution is 0.624. The van der Waals surface area contributed by atoms with E-state index in [0.717, 1.165) is 18.5 Å². The first-order valence-electron chi connectivity index (χ1n) is 4.27. The first-order chi connectivity index (χ1) is 5.81. The molecule has 12 heavy (non-hydrogen) atoms. The lowest BCUT2D eigenvalue weighted by atomic mass is 10.1. The molecule has 2 rings (SSSR count). The summed E-state index contributed by atoms with van der Waals surface area (Å²) >= 11 is 0. The van der Waals surface area contributed by atoms with E-state index in [1.54, 1.807) is 12.1 Å². The van der Waals surface area contributed by atoms with Gasteiger partial charge in [0.25, 0.3) is 0 Å². The molecule has 1 aliphatic rings. The predicted octanol–water partition coefficient (Wildman–Crippen LogP) is 1.89. The van der Waals surface area contributed by atoms with Gasteiger partial charge in [0.1, 0.15) is 5.82 Å². The highest BCUT2D eigenvalue weighted by atomic mass is 19.1. The molecule has 1 aliphatic carbocycles. The molecule has 1 aromatic carbocycles. The van der Waals surface area contributed by atoms with Gasteiger partial charge in [-0.05, 0) is 42.5 Å². The molecule has 1 nitrogen and oxygen atoms in total. The molecule has 2 atom stereocenters. The van der Waals surface area contributed by atoms with Crippen molar-refractivity contribution in [1.82, 2.24) is 0 Å². The van der Waals surface area contributed by atoms with Crippen LogP contribution in [0, 0.1) is 11.7 Å². The highest BCUT2D eigenvalue weighted by molar-refractivity contribution is 5.26. The summed E-state index contributed by atoms with van der Waals surface area (Å²) in [7, 11) is 0. The van der Waals surface area contributed by atoms with Crippen LogP contribution in [-0.4, -0.2) is 6.54 Å². The summed E-state index contributed by atoms with van der Waals surface area (Å²) in [6.07, 6.45) is 1.12. The molecule has 0 amide bonds. The first-order valence-corrected chi connectivity index (χ1v) is 4.27. The third kappa shape index (κ3) is 1.34. The van der Waals surface area contributed by atoms with Crippen LogP contribution >= 0.6 is 0 Å². The number of hydrogen-bond donors (Lipinski definition) is 1. The Kier molecular flexibility index (Phi) is 1.85. The lowest BCUT2D eigenvalue weighted by Crippen LogP contribution is -2.01. The second-order valence-corrected chi connectivity index (χ2v) is 3.39. The average Bonchev–Trinajstić information content (AvgIpc) is 2.83. The summed E-state index contributed by atoms with van der Waals surface area (Å²) < 4.78 is 12.8. The van der Waals surface area contributed by atoms with E-state index >= 15 is 0 Å². The van der Waals surface area contributed by atoms with Gasteiger partial charge in [0.2, 0.25) is 0 Å². The van der Waals surface area contributed by atoms with Gasteiger partial charge in [-0.3, -0.25) is 0 Å². The van der Waals surface area contributed by atoms with E-state index < -0.39 is 0 Å². The monoisotopic (exact) mass is 165 g/mol. The highest BCUT2D eigenvalue weighted by Gasteiger charge is 2.36. The molecule has 0 aromatic heterocycles. The zero-order chi connectivity index (χ0) is 8.55. The molecule has 0 saturated heterocycles. The molecular formula is C10H12FN. The van der Waals surface area contributed by atoms with Crippen LogP contribution in [0.4, 0.5) is 4.39 Å². The number of nitrogens with two attached hydrogens (primary N) is 1.